The highest BCUT2D eigenvalue weighted by molar-refractivity contribution is 7.89. The lowest BCUT2D eigenvalue weighted by molar-refractivity contribution is 0.393. The van der Waals surface area contributed by atoms with Gasteiger partial charge in [-0.2, -0.15) is 9.57 Å². The van der Waals surface area contributed by atoms with Crippen LogP contribution in [0.5, 0.6) is 0 Å². The maximum absolute atomic E-state index is 12.5. The number of aryl methyl sites for hydroxylation is 1. The normalized spacial score (nSPS) is 12.4. The second-order valence-corrected chi connectivity index (χ2v) is 6.71. The first-order chi connectivity index (χ1) is 9.84. The standard InChI is InChI=1S/C15H19N3O2S/c1-12-11-15(7-6-14(12)5-4-9-16)21(19,20)18(3)13(2)8-10-17/h6-7,11,13H,8-9,16H2,1-3H3. The molecule has 0 amide bonds. The second-order valence-electron chi connectivity index (χ2n) is 4.72. The quantitative estimate of drug-likeness (QED) is 0.848. The van der Waals surface area contributed by atoms with Crippen LogP contribution < -0.4 is 5.73 Å². The van der Waals surface area contributed by atoms with E-state index in [2.05, 4.69) is 11.8 Å². The lowest BCUT2D eigenvalue weighted by Gasteiger charge is -2.22. The largest absolute Gasteiger partial charge is 0.320 e. The summed E-state index contributed by atoms with van der Waals surface area (Å²) >= 11 is 0. The minimum Gasteiger partial charge on any atom is -0.320 e. The summed E-state index contributed by atoms with van der Waals surface area (Å²) in [6.07, 6.45) is 0.148. The van der Waals surface area contributed by atoms with Gasteiger partial charge < -0.3 is 5.73 Å². The third-order valence-corrected chi connectivity index (χ3v) is 5.18. The fourth-order valence-electron chi connectivity index (χ4n) is 1.75. The molecule has 1 aromatic rings. The number of nitrogens with two attached hydrogens (primary N) is 1. The highest BCUT2D eigenvalue weighted by atomic mass is 32.2. The molecule has 2 N–H and O–H groups in total. The van der Waals surface area contributed by atoms with Gasteiger partial charge >= 0.3 is 0 Å². The third-order valence-electron chi connectivity index (χ3n) is 3.21. The first-order valence-electron chi connectivity index (χ1n) is 6.49. The van der Waals surface area contributed by atoms with Crippen molar-refractivity contribution in [3.8, 4) is 17.9 Å². The van der Waals surface area contributed by atoms with Crippen molar-refractivity contribution in [2.75, 3.05) is 13.6 Å². The van der Waals surface area contributed by atoms with E-state index in [0.29, 0.717) is 0 Å². The topological polar surface area (TPSA) is 87.2 Å². The van der Waals surface area contributed by atoms with Crippen molar-refractivity contribution in [2.45, 2.75) is 31.2 Å². The van der Waals surface area contributed by atoms with E-state index in [-0.39, 0.29) is 23.9 Å². The van der Waals surface area contributed by atoms with Crippen LogP contribution in [0.15, 0.2) is 23.1 Å². The molecular formula is C15H19N3O2S. The average Bonchev–Trinajstić information content (AvgIpc) is 2.45. The van der Waals surface area contributed by atoms with Crippen LogP contribution in [0.25, 0.3) is 0 Å². The number of rotatable bonds is 4. The van der Waals surface area contributed by atoms with Crippen LogP contribution in [0.2, 0.25) is 0 Å². The van der Waals surface area contributed by atoms with E-state index >= 15 is 0 Å². The van der Waals surface area contributed by atoms with E-state index in [1.807, 2.05) is 6.07 Å². The van der Waals surface area contributed by atoms with Gasteiger partial charge in [0.25, 0.3) is 0 Å². The highest BCUT2D eigenvalue weighted by Gasteiger charge is 2.25. The van der Waals surface area contributed by atoms with Crippen molar-refractivity contribution in [1.82, 2.24) is 4.31 Å². The number of hydrogen-bond donors (Lipinski definition) is 1. The lowest BCUT2D eigenvalue weighted by Crippen LogP contribution is -2.34. The summed E-state index contributed by atoms with van der Waals surface area (Å²) in [6.45, 7) is 3.76. The molecule has 5 nitrogen and oxygen atoms in total. The van der Waals surface area contributed by atoms with Gasteiger partial charge in [-0.05, 0) is 37.6 Å². The summed E-state index contributed by atoms with van der Waals surface area (Å²) < 4.78 is 26.2. The first-order valence-corrected chi connectivity index (χ1v) is 7.93. The van der Waals surface area contributed by atoms with Crippen LogP contribution >= 0.6 is 0 Å². The Morgan fingerprint density at radius 2 is 2.10 bits per heavy atom. The maximum Gasteiger partial charge on any atom is 0.243 e. The molecule has 0 aliphatic rings. The zero-order valence-electron chi connectivity index (χ0n) is 12.4. The minimum atomic E-state index is -3.61. The first kappa shape index (κ1) is 17.2. The van der Waals surface area contributed by atoms with Gasteiger partial charge in [-0.15, -0.1) is 0 Å². The molecule has 0 saturated carbocycles. The Kier molecular flexibility index (Phi) is 5.92. The molecule has 0 radical (unpaired) electrons. The second kappa shape index (κ2) is 7.24. The van der Waals surface area contributed by atoms with Gasteiger partial charge in [0, 0.05) is 18.7 Å². The summed E-state index contributed by atoms with van der Waals surface area (Å²) in [6, 6.07) is 6.39. The van der Waals surface area contributed by atoms with E-state index in [1.54, 1.807) is 26.0 Å². The van der Waals surface area contributed by atoms with Crippen molar-refractivity contribution >= 4 is 10.0 Å². The monoisotopic (exact) mass is 305 g/mol. The number of nitrogens with zero attached hydrogens (tertiary/aromatic N) is 2. The minimum absolute atomic E-state index is 0.148. The molecule has 0 fully saturated rings. The Morgan fingerprint density at radius 1 is 1.43 bits per heavy atom. The Morgan fingerprint density at radius 3 is 2.62 bits per heavy atom. The van der Waals surface area contributed by atoms with E-state index in [9.17, 15) is 8.42 Å². The molecule has 1 rings (SSSR count). The number of sulfonamides is 1. The molecule has 21 heavy (non-hydrogen) atoms. The summed E-state index contributed by atoms with van der Waals surface area (Å²) in [5.41, 5.74) is 6.86. The zero-order chi connectivity index (χ0) is 16.0. The van der Waals surface area contributed by atoms with Gasteiger partial charge in [0.15, 0.2) is 0 Å². The summed E-state index contributed by atoms with van der Waals surface area (Å²) in [5.74, 6) is 5.64. The molecule has 112 valence electrons. The number of hydrogen-bond acceptors (Lipinski definition) is 4. The molecule has 0 aliphatic heterocycles. The molecule has 0 bridgehead atoms. The molecule has 6 heteroatoms. The molecule has 0 heterocycles. The van der Waals surface area contributed by atoms with Crippen molar-refractivity contribution in [1.29, 1.82) is 5.26 Å². The van der Waals surface area contributed by atoms with Crippen LogP contribution in [0, 0.1) is 30.1 Å². The molecule has 1 atom stereocenters. The van der Waals surface area contributed by atoms with Crippen LogP contribution in [-0.2, 0) is 10.0 Å². The van der Waals surface area contributed by atoms with Gasteiger partial charge in [0.05, 0.1) is 23.9 Å². The van der Waals surface area contributed by atoms with Gasteiger partial charge in [0.2, 0.25) is 10.0 Å². The van der Waals surface area contributed by atoms with Crippen LogP contribution in [-0.4, -0.2) is 32.4 Å². The van der Waals surface area contributed by atoms with E-state index < -0.39 is 10.0 Å². The molecule has 0 aliphatic carbocycles. The van der Waals surface area contributed by atoms with Crippen molar-refractivity contribution in [3.63, 3.8) is 0 Å². The van der Waals surface area contributed by atoms with Crippen LogP contribution in [0.4, 0.5) is 0 Å². The maximum atomic E-state index is 12.5. The SMILES string of the molecule is Cc1cc(S(=O)(=O)N(C)C(C)CC#N)ccc1C#CCN. The molecule has 1 aromatic carbocycles. The molecule has 0 aromatic heterocycles. The Hall–Kier alpha value is -1.86. The number of nitriles is 1. The Balaban J connectivity index is 3.16. The summed E-state index contributed by atoms with van der Waals surface area (Å²) in [7, 11) is -2.13. The predicted molar refractivity (Wildman–Crippen MR) is 81.8 cm³/mol. The smallest absolute Gasteiger partial charge is 0.243 e. The molecule has 0 saturated heterocycles. The Bertz CT molecular complexity index is 709. The predicted octanol–water partition coefficient (Wildman–Crippen LogP) is 1.23. The molecule has 1 unspecified atom stereocenters. The Labute approximate surface area is 126 Å². The average molecular weight is 305 g/mol. The van der Waals surface area contributed by atoms with Crippen molar-refractivity contribution in [2.24, 2.45) is 5.73 Å². The van der Waals surface area contributed by atoms with Gasteiger partial charge in [0.1, 0.15) is 0 Å². The van der Waals surface area contributed by atoms with Crippen molar-refractivity contribution < 1.29 is 8.42 Å². The number of benzene rings is 1. The zero-order valence-corrected chi connectivity index (χ0v) is 13.2. The van der Waals surface area contributed by atoms with E-state index in [1.165, 1.54) is 17.4 Å². The van der Waals surface area contributed by atoms with Crippen LogP contribution in [0.1, 0.15) is 24.5 Å². The lowest BCUT2D eigenvalue weighted by atomic mass is 10.1. The van der Waals surface area contributed by atoms with Gasteiger partial charge in [-0.1, -0.05) is 11.8 Å². The molecular weight excluding hydrogens is 286 g/mol. The summed E-state index contributed by atoms with van der Waals surface area (Å²) in [5, 5.41) is 8.69. The fraction of sp³-hybridized carbons (Fsp3) is 0.400. The van der Waals surface area contributed by atoms with Crippen molar-refractivity contribution in [3.05, 3.63) is 29.3 Å². The van der Waals surface area contributed by atoms with E-state index in [4.69, 9.17) is 11.0 Å². The van der Waals surface area contributed by atoms with Gasteiger partial charge in [-0.3, -0.25) is 0 Å². The van der Waals surface area contributed by atoms with Gasteiger partial charge in [-0.25, -0.2) is 8.42 Å². The fourth-order valence-corrected chi connectivity index (χ4v) is 3.19. The third kappa shape index (κ3) is 4.05. The van der Waals surface area contributed by atoms with E-state index in [0.717, 1.165) is 11.1 Å². The van der Waals surface area contributed by atoms with Crippen LogP contribution in [0.3, 0.4) is 0 Å². The highest BCUT2D eigenvalue weighted by Crippen LogP contribution is 2.20. The summed E-state index contributed by atoms with van der Waals surface area (Å²) in [4.78, 5) is 0.200. The molecule has 0 spiro atoms.